The SMILES string of the molecule is COC(=O)Nc1c(Cl)cc(NC(=O)C[n+]2ccccc2)c(O)c1Cl.[Cl-]. The van der Waals surface area contributed by atoms with Crippen LogP contribution in [0.3, 0.4) is 0 Å². The van der Waals surface area contributed by atoms with Crippen LogP contribution in [0.15, 0.2) is 36.7 Å². The molecule has 0 saturated carbocycles. The van der Waals surface area contributed by atoms with Crippen molar-refractivity contribution < 1.29 is 36.4 Å². The number of aromatic hydroxyl groups is 1. The number of rotatable bonds is 4. The molecule has 2 rings (SSSR count). The summed E-state index contributed by atoms with van der Waals surface area (Å²) < 4.78 is 6.10. The highest BCUT2D eigenvalue weighted by Crippen LogP contribution is 2.42. The van der Waals surface area contributed by atoms with Gasteiger partial charge in [-0.2, -0.15) is 4.57 Å². The van der Waals surface area contributed by atoms with E-state index < -0.39 is 11.8 Å². The Bertz CT molecular complexity index is 772. The highest BCUT2D eigenvalue weighted by atomic mass is 35.5. The lowest BCUT2D eigenvalue weighted by molar-refractivity contribution is -0.684. The van der Waals surface area contributed by atoms with Crippen molar-refractivity contribution in [2.75, 3.05) is 17.7 Å². The van der Waals surface area contributed by atoms with Crippen molar-refractivity contribution in [1.29, 1.82) is 0 Å². The predicted octanol–water partition coefficient (Wildman–Crippen LogP) is -0.193. The summed E-state index contributed by atoms with van der Waals surface area (Å²) in [7, 11) is 1.17. The third-order valence-corrected chi connectivity index (χ3v) is 3.65. The van der Waals surface area contributed by atoms with Crippen LogP contribution in [0.2, 0.25) is 10.0 Å². The molecule has 3 N–H and O–H groups in total. The standard InChI is InChI=1S/C15H13Cl2N3O4.ClH/c1-24-15(23)19-13-9(16)7-10(14(22)12(13)17)18-11(21)8-20-5-3-2-4-6-20;/h2-7H,8H2,1H3,(H2-,18,19,21,22,23);1H. The number of carbonyl (C=O) groups excluding carboxylic acids is 2. The lowest BCUT2D eigenvalue weighted by Crippen LogP contribution is -3.00. The fourth-order valence-electron chi connectivity index (χ4n) is 1.87. The number of amides is 2. The van der Waals surface area contributed by atoms with Crippen LogP contribution < -0.4 is 27.6 Å². The van der Waals surface area contributed by atoms with E-state index in [1.165, 1.54) is 13.2 Å². The zero-order valence-electron chi connectivity index (χ0n) is 12.9. The molecular weight excluding hydrogens is 393 g/mol. The number of anilines is 2. The molecule has 1 heterocycles. The Labute approximate surface area is 159 Å². The number of carbonyl (C=O) groups is 2. The van der Waals surface area contributed by atoms with Crippen molar-refractivity contribution in [1.82, 2.24) is 0 Å². The molecule has 10 heteroatoms. The molecule has 0 aliphatic heterocycles. The molecule has 25 heavy (non-hydrogen) atoms. The van der Waals surface area contributed by atoms with Gasteiger partial charge in [-0.1, -0.05) is 29.3 Å². The number of phenolic OH excluding ortho intramolecular Hbond substituents is 1. The number of hydrogen-bond acceptors (Lipinski definition) is 4. The number of phenols is 1. The van der Waals surface area contributed by atoms with Gasteiger partial charge >= 0.3 is 6.09 Å². The number of nitrogens with one attached hydrogen (secondary N) is 2. The molecule has 0 spiro atoms. The van der Waals surface area contributed by atoms with E-state index in [1.54, 1.807) is 29.1 Å². The predicted molar refractivity (Wildman–Crippen MR) is 89.4 cm³/mol. The van der Waals surface area contributed by atoms with Gasteiger partial charge in [-0.05, 0) is 6.07 Å². The van der Waals surface area contributed by atoms with Gasteiger partial charge in [-0.15, -0.1) is 0 Å². The first-order valence-electron chi connectivity index (χ1n) is 6.72. The van der Waals surface area contributed by atoms with Crippen molar-refractivity contribution in [2.45, 2.75) is 6.54 Å². The van der Waals surface area contributed by atoms with E-state index in [4.69, 9.17) is 23.2 Å². The summed E-state index contributed by atoms with van der Waals surface area (Å²) in [5, 5.41) is 14.7. The monoisotopic (exact) mass is 405 g/mol. The van der Waals surface area contributed by atoms with E-state index in [2.05, 4.69) is 15.4 Å². The maximum absolute atomic E-state index is 12.0. The van der Waals surface area contributed by atoms with Crippen molar-refractivity contribution in [2.24, 2.45) is 0 Å². The van der Waals surface area contributed by atoms with Crippen LogP contribution in [0.4, 0.5) is 16.2 Å². The first-order chi connectivity index (χ1) is 11.4. The van der Waals surface area contributed by atoms with Crippen LogP contribution in [0.25, 0.3) is 0 Å². The third kappa shape index (κ3) is 5.38. The Morgan fingerprint density at radius 1 is 1.20 bits per heavy atom. The van der Waals surface area contributed by atoms with Gasteiger partial charge in [0.2, 0.25) is 6.54 Å². The Morgan fingerprint density at radius 3 is 2.44 bits per heavy atom. The molecule has 0 radical (unpaired) electrons. The highest BCUT2D eigenvalue weighted by molar-refractivity contribution is 6.41. The number of methoxy groups -OCH3 is 1. The average Bonchev–Trinajstić information content (AvgIpc) is 2.57. The molecule has 134 valence electrons. The molecular formula is C15H14Cl3N3O4. The van der Waals surface area contributed by atoms with Gasteiger partial charge in [0.25, 0.3) is 5.91 Å². The second-order valence-corrected chi connectivity index (χ2v) is 5.44. The zero-order valence-corrected chi connectivity index (χ0v) is 15.2. The molecule has 0 saturated heterocycles. The summed E-state index contributed by atoms with van der Waals surface area (Å²) in [5.74, 6) is -0.804. The van der Waals surface area contributed by atoms with Crippen molar-refractivity contribution in [3.05, 3.63) is 46.7 Å². The molecule has 1 aromatic heterocycles. The molecule has 2 amide bonds. The van der Waals surface area contributed by atoms with E-state index in [1.807, 2.05) is 6.07 Å². The van der Waals surface area contributed by atoms with E-state index >= 15 is 0 Å². The summed E-state index contributed by atoms with van der Waals surface area (Å²) in [6, 6.07) is 6.67. The summed E-state index contributed by atoms with van der Waals surface area (Å²) in [5.41, 5.74) is 0.0139. The molecule has 1 aromatic carbocycles. The number of benzene rings is 1. The maximum Gasteiger partial charge on any atom is 0.411 e. The van der Waals surface area contributed by atoms with Crippen LogP contribution in [-0.2, 0) is 16.1 Å². The summed E-state index contributed by atoms with van der Waals surface area (Å²) >= 11 is 12.0. The third-order valence-electron chi connectivity index (χ3n) is 2.98. The Hall–Kier alpha value is -2.22. The molecule has 7 nitrogen and oxygen atoms in total. The van der Waals surface area contributed by atoms with E-state index in [0.29, 0.717) is 0 Å². The van der Waals surface area contributed by atoms with E-state index in [0.717, 1.165) is 0 Å². The zero-order chi connectivity index (χ0) is 17.7. The molecule has 0 aliphatic carbocycles. The van der Waals surface area contributed by atoms with Gasteiger partial charge in [0, 0.05) is 12.1 Å². The second kappa shape index (κ2) is 9.31. The Kier molecular flexibility index (Phi) is 7.76. The first-order valence-corrected chi connectivity index (χ1v) is 7.47. The average molecular weight is 407 g/mol. The minimum absolute atomic E-state index is 0. The maximum atomic E-state index is 12.0. The largest absolute Gasteiger partial charge is 1.00 e. The second-order valence-electron chi connectivity index (χ2n) is 4.66. The lowest BCUT2D eigenvalue weighted by atomic mass is 10.2. The van der Waals surface area contributed by atoms with E-state index in [9.17, 15) is 14.7 Å². The number of nitrogens with zero attached hydrogens (tertiary/aromatic N) is 1. The molecule has 2 aromatic rings. The van der Waals surface area contributed by atoms with Crippen LogP contribution in [-0.4, -0.2) is 24.2 Å². The van der Waals surface area contributed by atoms with Gasteiger partial charge in [0.15, 0.2) is 18.1 Å². The topological polar surface area (TPSA) is 91.5 Å². The Balaban J connectivity index is 0.00000312. The van der Waals surface area contributed by atoms with E-state index in [-0.39, 0.29) is 46.3 Å². The lowest BCUT2D eigenvalue weighted by Gasteiger charge is -2.13. The molecule has 0 fully saturated rings. The fraction of sp³-hybridized carbons (Fsp3) is 0.133. The fourth-order valence-corrected chi connectivity index (χ4v) is 2.42. The summed E-state index contributed by atoms with van der Waals surface area (Å²) in [4.78, 5) is 23.3. The van der Waals surface area contributed by atoms with Crippen LogP contribution in [0.1, 0.15) is 0 Å². The number of pyridine rings is 1. The molecule has 0 aliphatic rings. The quantitative estimate of drug-likeness (QED) is 0.485. The first kappa shape index (κ1) is 20.8. The van der Waals surface area contributed by atoms with Crippen LogP contribution in [0, 0.1) is 0 Å². The number of halogens is 3. The number of ether oxygens (including phenoxy) is 1. The molecule has 0 bridgehead atoms. The van der Waals surface area contributed by atoms with Gasteiger partial charge in [0.05, 0.1) is 23.5 Å². The minimum atomic E-state index is -0.796. The van der Waals surface area contributed by atoms with Crippen LogP contribution >= 0.6 is 23.2 Å². The molecule has 0 unspecified atom stereocenters. The van der Waals surface area contributed by atoms with Crippen molar-refractivity contribution in [3.8, 4) is 5.75 Å². The summed E-state index contributed by atoms with van der Waals surface area (Å²) in [6.07, 6.45) is 2.65. The van der Waals surface area contributed by atoms with Crippen molar-refractivity contribution in [3.63, 3.8) is 0 Å². The van der Waals surface area contributed by atoms with Gasteiger partial charge in [-0.3, -0.25) is 10.1 Å². The minimum Gasteiger partial charge on any atom is -1.00 e. The highest BCUT2D eigenvalue weighted by Gasteiger charge is 2.20. The molecule has 0 atom stereocenters. The number of hydrogen-bond donors (Lipinski definition) is 3. The van der Waals surface area contributed by atoms with Crippen molar-refractivity contribution >= 4 is 46.6 Å². The van der Waals surface area contributed by atoms with Gasteiger partial charge in [-0.25, -0.2) is 4.79 Å². The van der Waals surface area contributed by atoms with Gasteiger partial charge in [0.1, 0.15) is 5.02 Å². The van der Waals surface area contributed by atoms with Crippen LogP contribution in [0.5, 0.6) is 5.75 Å². The summed E-state index contributed by atoms with van der Waals surface area (Å²) in [6.45, 7) is 0.0394. The van der Waals surface area contributed by atoms with Gasteiger partial charge < -0.3 is 27.6 Å². The normalized spacial score (nSPS) is 9.72. The Morgan fingerprint density at radius 2 is 1.84 bits per heavy atom. The number of aromatic nitrogens is 1. The smallest absolute Gasteiger partial charge is 0.411 e.